The molecule has 106 valence electrons. The molecule has 2 N–H and O–H groups in total. The Morgan fingerprint density at radius 3 is 2.58 bits per heavy atom. The van der Waals surface area contributed by atoms with E-state index in [-0.39, 0.29) is 5.54 Å². The van der Waals surface area contributed by atoms with Crippen LogP contribution < -0.4 is 5.73 Å². The molecule has 1 aliphatic heterocycles. The van der Waals surface area contributed by atoms with Crippen LogP contribution in [0.15, 0.2) is 30.3 Å². The average molecular weight is 278 g/mol. The lowest BCUT2D eigenvalue weighted by Crippen LogP contribution is -2.59. The summed E-state index contributed by atoms with van der Waals surface area (Å²) in [4.78, 5) is 2.59. The normalized spacial score (nSPS) is 22.9. The zero-order valence-corrected chi connectivity index (χ0v) is 13.2. The molecule has 0 saturated carbocycles. The van der Waals surface area contributed by atoms with E-state index in [1.165, 1.54) is 11.3 Å². The molecule has 1 aliphatic rings. The van der Waals surface area contributed by atoms with Gasteiger partial charge in [-0.3, -0.25) is 4.90 Å². The summed E-state index contributed by atoms with van der Waals surface area (Å²) in [6, 6.07) is 10.7. The molecular weight excluding hydrogens is 252 g/mol. The molecule has 19 heavy (non-hydrogen) atoms. The van der Waals surface area contributed by atoms with Gasteiger partial charge in [0.15, 0.2) is 0 Å². The molecule has 0 aromatic heterocycles. The highest BCUT2D eigenvalue weighted by Crippen LogP contribution is 2.33. The molecule has 3 heteroatoms. The second kappa shape index (κ2) is 5.86. The molecule has 1 unspecified atom stereocenters. The Morgan fingerprint density at radius 2 is 2.00 bits per heavy atom. The van der Waals surface area contributed by atoms with Gasteiger partial charge in [-0.25, -0.2) is 0 Å². The number of hydrogen-bond acceptors (Lipinski definition) is 3. The summed E-state index contributed by atoms with van der Waals surface area (Å²) in [6.07, 6.45) is 1.03. The predicted molar refractivity (Wildman–Crippen MR) is 85.7 cm³/mol. The van der Waals surface area contributed by atoms with Crippen molar-refractivity contribution in [3.63, 3.8) is 0 Å². The minimum Gasteiger partial charge on any atom is -0.329 e. The topological polar surface area (TPSA) is 29.3 Å². The van der Waals surface area contributed by atoms with Gasteiger partial charge in [0.2, 0.25) is 0 Å². The van der Waals surface area contributed by atoms with E-state index in [9.17, 15) is 0 Å². The van der Waals surface area contributed by atoms with Gasteiger partial charge in [-0.1, -0.05) is 30.3 Å². The van der Waals surface area contributed by atoms with Crippen LogP contribution in [-0.4, -0.2) is 40.6 Å². The Labute approximate surface area is 121 Å². The van der Waals surface area contributed by atoms with E-state index in [1.807, 2.05) is 0 Å². The summed E-state index contributed by atoms with van der Waals surface area (Å²) in [5, 5.41) is 0. The van der Waals surface area contributed by atoms with E-state index in [2.05, 4.69) is 67.8 Å². The molecule has 1 saturated heterocycles. The van der Waals surface area contributed by atoms with Crippen LogP contribution in [0.1, 0.15) is 26.3 Å². The number of hydrogen-bond donors (Lipinski definition) is 1. The minimum atomic E-state index is 0.0691. The van der Waals surface area contributed by atoms with E-state index in [0.29, 0.717) is 11.3 Å². The average Bonchev–Trinajstić information content (AvgIpc) is 2.38. The van der Waals surface area contributed by atoms with Gasteiger partial charge < -0.3 is 5.73 Å². The number of nitrogens with two attached hydrogens (primary N) is 1. The monoisotopic (exact) mass is 278 g/mol. The quantitative estimate of drug-likeness (QED) is 0.918. The zero-order chi connectivity index (χ0) is 13.9. The van der Waals surface area contributed by atoms with Crippen molar-refractivity contribution in [2.45, 2.75) is 37.5 Å². The van der Waals surface area contributed by atoms with Crippen LogP contribution in [0, 0.1) is 0 Å². The number of benzene rings is 1. The lowest BCUT2D eigenvalue weighted by Gasteiger charge is -2.47. The molecule has 1 atom stereocenters. The maximum atomic E-state index is 6.13. The lowest BCUT2D eigenvalue weighted by atomic mass is 9.90. The van der Waals surface area contributed by atoms with Crippen LogP contribution in [0.3, 0.4) is 0 Å². The van der Waals surface area contributed by atoms with E-state index in [4.69, 9.17) is 5.73 Å². The van der Waals surface area contributed by atoms with Crippen molar-refractivity contribution in [1.82, 2.24) is 4.90 Å². The zero-order valence-electron chi connectivity index (χ0n) is 12.4. The second-order valence-corrected chi connectivity index (χ2v) is 8.20. The highest BCUT2D eigenvalue weighted by atomic mass is 32.2. The fraction of sp³-hybridized carbons (Fsp3) is 0.625. The highest BCUT2D eigenvalue weighted by Gasteiger charge is 2.37. The Kier molecular flexibility index (Phi) is 4.59. The maximum absolute atomic E-state index is 6.13. The van der Waals surface area contributed by atoms with Crippen molar-refractivity contribution in [1.29, 1.82) is 0 Å². The SMILES string of the molecule is CC1(C)CN(C(C)(CN)Cc2ccccc2)CCS1. The van der Waals surface area contributed by atoms with Gasteiger partial charge in [0, 0.05) is 35.7 Å². The van der Waals surface area contributed by atoms with Gasteiger partial charge >= 0.3 is 0 Å². The summed E-state index contributed by atoms with van der Waals surface area (Å²) in [5.74, 6) is 1.21. The lowest BCUT2D eigenvalue weighted by molar-refractivity contribution is 0.104. The Balaban J connectivity index is 2.13. The fourth-order valence-electron chi connectivity index (χ4n) is 2.83. The molecule has 0 radical (unpaired) electrons. The molecule has 1 aromatic rings. The van der Waals surface area contributed by atoms with E-state index in [1.54, 1.807) is 0 Å². The molecule has 1 fully saturated rings. The first-order valence-electron chi connectivity index (χ1n) is 7.08. The van der Waals surface area contributed by atoms with Crippen molar-refractivity contribution >= 4 is 11.8 Å². The van der Waals surface area contributed by atoms with Gasteiger partial charge in [0.1, 0.15) is 0 Å². The van der Waals surface area contributed by atoms with Gasteiger partial charge in [0.05, 0.1) is 0 Å². The molecule has 2 rings (SSSR count). The van der Waals surface area contributed by atoms with Gasteiger partial charge in [-0.05, 0) is 32.8 Å². The van der Waals surface area contributed by atoms with Crippen LogP contribution in [0.4, 0.5) is 0 Å². The number of rotatable bonds is 4. The Morgan fingerprint density at radius 1 is 1.32 bits per heavy atom. The first kappa shape index (κ1) is 14.9. The van der Waals surface area contributed by atoms with Crippen LogP contribution in [0.2, 0.25) is 0 Å². The van der Waals surface area contributed by atoms with E-state index in [0.717, 1.165) is 19.5 Å². The Bertz CT molecular complexity index is 404. The van der Waals surface area contributed by atoms with Crippen molar-refractivity contribution in [3.05, 3.63) is 35.9 Å². The largest absolute Gasteiger partial charge is 0.329 e. The van der Waals surface area contributed by atoms with Gasteiger partial charge in [0.25, 0.3) is 0 Å². The van der Waals surface area contributed by atoms with Crippen molar-refractivity contribution < 1.29 is 0 Å². The third kappa shape index (κ3) is 3.74. The smallest absolute Gasteiger partial charge is 0.0344 e. The van der Waals surface area contributed by atoms with Crippen LogP contribution in [-0.2, 0) is 6.42 Å². The predicted octanol–water partition coefficient (Wildman–Crippen LogP) is 2.77. The van der Waals surface area contributed by atoms with Crippen LogP contribution in [0.25, 0.3) is 0 Å². The number of nitrogens with zero attached hydrogens (tertiary/aromatic N) is 1. The summed E-state index contributed by atoms with van der Waals surface area (Å²) in [5.41, 5.74) is 7.58. The van der Waals surface area contributed by atoms with Gasteiger partial charge in [-0.2, -0.15) is 11.8 Å². The molecule has 1 heterocycles. The standard InChI is InChI=1S/C16H26N2S/c1-15(2)13-18(9-10-19-15)16(3,12-17)11-14-7-5-4-6-8-14/h4-8H,9-13,17H2,1-3H3. The molecular formula is C16H26N2S. The summed E-state index contributed by atoms with van der Waals surface area (Å²) in [6.45, 7) is 9.97. The molecule has 1 aromatic carbocycles. The van der Waals surface area contributed by atoms with Crippen molar-refractivity contribution in [3.8, 4) is 0 Å². The molecule has 0 spiro atoms. The highest BCUT2D eigenvalue weighted by molar-refractivity contribution is 8.00. The Hall–Kier alpha value is -0.510. The van der Waals surface area contributed by atoms with Crippen LogP contribution >= 0.6 is 11.8 Å². The third-order valence-corrected chi connectivity index (χ3v) is 5.35. The molecule has 0 amide bonds. The minimum absolute atomic E-state index is 0.0691. The number of thioether (sulfide) groups is 1. The third-order valence-electron chi connectivity index (χ3n) is 4.06. The van der Waals surface area contributed by atoms with Crippen LogP contribution in [0.5, 0.6) is 0 Å². The molecule has 0 aliphatic carbocycles. The van der Waals surface area contributed by atoms with Crippen molar-refractivity contribution in [2.75, 3.05) is 25.4 Å². The van der Waals surface area contributed by atoms with Crippen molar-refractivity contribution in [2.24, 2.45) is 5.73 Å². The first-order chi connectivity index (χ1) is 8.95. The second-order valence-electron chi connectivity index (χ2n) is 6.39. The molecule has 2 nitrogen and oxygen atoms in total. The maximum Gasteiger partial charge on any atom is 0.0344 e. The fourth-order valence-corrected chi connectivity index (χ4v) is 3.94. The van der Waals surface area contributed by atoms with E-state index >= 15 is 0 Å². The summed E-state index contributed by atoms with van der Waals surface area (Å²) >= 11 is 2.07. The summed E-state index contributed by atoms with van der Waals surface area (Å²) in [7, 11) is 0. The first-order valence-corrected chi connectivity index (χ1v) is 8.07. The van der Waals surface area contributed by atoms with E-state index < -0.39 is 0 Å². The summed E-state index contributed by atoms with van der Waals surface area (Å²) < 4.78 is 0.339. The molecule has 0 bridgehead atoms. The van der Waals surface area contributed by atoms with Gasteiger partial charge in [-0.15, -0.1) is 0 Å².